The standard InChI is InChI=1S/C15H19N3O2S/c1-9-14(19)17-12-6-11(2-3-13(12)21-9)15(20)18-5-4-10(7-16)8-18/h2-3,6,9-10H,4-5,7-8,16H2,1H3,(H,17,19)/t9-,10-/m1/s1. The van der Waals surface area contributed by atoms with Crippen molar-refractivity contribution < 1.29 is 9.59 Å². The summed E-state index contributed by atoms with van der Waals surface area (Å²) in [6.07, 6.45) is 0.970. The van der Waals surface area contributed by atoms with Crippen LogP contribution in [0.2, 0.25) is 0 Å². The van der Waals surface area contributed by atoms with Crippen molar-refractivity contribution in [3.8, 4) is 0 Å². The lowest BCUT2D eigenvalue weighted by Gasteiger charge is -2.23. The van der Waals surface area contributed by atoms with Crippen LogP contribution in [0.3, 0.4) is 0 Å². The van der Waals surface area contributed by atoms with Gasteiger partial charge in [0, 0.05) is 23.5 Å². The van der Waals surface area contributed by atoms with Crippen LogP contribution >= 0.6 is 11.8 Å². The highest BCUT2D eigenvalue weighted by molar-refractivity contribution is 8.00. The third-order valence-electron chi connectivity index (χ3n) is 4.06. The number of amides is 2. The van der Waals surface area contributed by atoms with E-state index >= 15 is 0 Å². The Morgan fingerprint density at radius 3 is 3.05 bits per heavy atom. The Bertz CT molecular complexity index is 590. The molecule has 2 aliphatic rings. The van der Waals surface area contributed by atoms with Crippen molar-refractivity contribution in [2.75, 3.05) is 25.0 Å². The lowest BCUT2D eigenvalue weighted by Crippen LogP contribution is -2.30. The van der Waals surface area contributed by atoms with Gasteiger partial charge < -0.3 is 16.0 Å². The summed E-state index contributed by atoms with van der Waals surface area (Å²) < 4.78 is 0. The molecule has 1 saturated heterocycles. The van der Waals surface area contributed by atoms with Crippen molar-refractivity contribution >= 4 is 29.3 Å². The minimum absolute atomic E-state index is 0.0125. The number of anilines is 1. The molecule has 2 amide bonds. The fourth-order valence-corrected chi connectivity index (χ4v) is 3.66. The lowest BCUT2D eigenvalue weighted by molar-refractivity contribution is -0.115. The quantitative estimate of drug-likeness (QED) is 0.869. The Morgan fingerprint density at radius 2 is 2.33 bits per heavy atom. The van der Waals surface area contributed by atoms with Crippen molar-refractivity contribution in [3.63, 3.8) is 0 Å². The molecule has 2 atom stereocenters. The molecule has 0 unspecified atom stereocenters. The van der Waals surface area contributed by atoms with Crippen LogP contribution < -0.4 is 11.1 Å². The second kappa shape index (κ2) is 5.69. The van der Waals surface area contributed by atoms with Gasteiger partial charge in [0.15, 0.2) is 0 Å². The largest absolute Gasteiger partial charge is 0.338 e. The Hall–Kier alpha value is -1.53. The topological polar surface area (TPSA) is 75.4 Å². The lowest BCUT2D eigenvalue weighted by atomic mass is 10.1. The molecule has 0 spiro atoms. The highest BCUT2D eigenvalue weighted by atomic mass is 32.2. The molecular formula is C15H19N3O2S. The normalized spacial score (nSPS) is 24.7. The van der Waals surface area contributed by atoms with E-state index in [0.29, 0.717) is 18.0 Å². The monoisotopic (exact) mass is 305 g/mol. The van der Waals surface area contributed by atoms with Gasteiger partial charge in [0.05, 0.1) is 10.9 Å². The third-order valence-corrected chi connectivity index (χ3v) is 5.24. The summed E-state index contributed by atoms with van der Waals surface area (Å²) in [5.74, 6) is 0.413. The van der Waals surface area contributed by atoms with E-state index in [1.165, 1.54) is 11.8 Å². The first-order valence-electron chi connectivity index (χ1n) is 7.19. The summed E-state index contributed by atoms with van der Waals surface area (Å²) in [5, 5.41) is 2.77. The molecule has 0 radical (unpaired) electrons. The third kappa shape index (κ3) is 2.78. The number of benzene rings is 1. The van der Waals surface area contributed by atoms with E-state index in [9.17, 15) is 9.59 Å². The van der Waals surface area contributed by atoms with Gasteiger partial charge >= 0.3 is 0 Å². The molecule has 112 valence electrons. The predicted octanol–water partition coefficient (Wildman–Crippen LogP) is 1.54. The Balaban J connectivity index is 1.79. The Kier molecular flexibility index (Phi) is 3.91. The zero-order chi connectivity index (χ0) is 15.0. The zero-order valence-electron chi connectivity index (χ0n) is 12.0. The Labute approximate surface area is 128 Å². The van der Waals surface area contributed by atoms with Gasteiger partial charge in [-0.25, -0.2) is 0 Å². The molecule has 0 bridgehead atoms. The minimum Gasteiger partial charge on any atom is -0.338 e. The summed E-state index contributed by atoms with van der Waals surface area (Å²) in [6.45, 7) is 3.98. The number of rotatable bonds is 2. The maximum atomic E-state index is 12.5. The van der Waals surface area contributed by atoms with Gasteiger partial charge in [-0.1, -0.05) is 0 Å². The second-order valence-electron chi connectivity index (χ2n) is 5.60. The fraction of sp³-hybridized carbons (Fsp3) is 0.467. The number of nitrogens with zero attached hydrogens (tertiary/aromatic N) is 1. The van der Waals surface area contributed by atoms with Gasteiger partial charge in [0.2, 0.25) is 5.91 Å². The van der Waals surface area contributed by atoms with Crippen molar-refractivity contribution in [3.05, 3.63) is 23.8 Å². The van der Waals surface area contributed by atoms with Gasteiger partial charge in [-0.05, 0) is 44.0 Å². The van der Waals surface area contributed by atoms with E-state index in [1.54, 1.807) is 6.07 Å². The molecule has 6 heteroatoms. The van der Waals surface area contributed by atoms with Crippen LogP contribution in [0.1, 0.15) is 23.7 Å². The van der Waals surface area contributed by atoms with Crippen LogP contribution in [-0.2, 0) is 4.79 Å². The van der Waals surface area contributed by atoms with Gasteiger partial charge in [-0.3, -0.25) is 9.59 Å². The van der Waals surface area contributed by atoms with Crippen molar-refractivity contribution in [2.45, 2.75) is 23.5 Å². The van der Waals surface area contributed by atoms with Gasteiger partial charge in [0.25, 0.3) is 5.91 Å². The van der Waals surface area contributed by atoms with Crippen molar-refractivity contribution in [1.29, 1.82) is 0 Å². The molecule has 2 heterocycles. The summed E-state index contributed by atoms with van der Waals surface area (Å²) in [4.78, 5) is 27.1. The molecule has 3 rings (SSSR count). The predicted molar refractivity (Wildman–Crippen MR) is 83.5 cm³/mol. The number of likely N-dealkylation sites (tertiary alicyclic amines) is 1. The van der Waals surface area contributed by atoms with E-state index in [2.05, 4.69) is 5.32 Å². The van der Waals surface area contributed by atoms with E-state index in [1.807, 2.05) is 24.0 Å². The maximum Gasteiger partial charge on any atom is 0.253 e. The molecule has 1 aromatic rings. The summed E-state index contributed by atoms with van der Waals surface area (Å²) in [6, 6.07) is 5.54. The number of hydrogen-bond donors (Lipinski definition) is 2. The summed E-state index contributed by atoms with van der Waals surface area (Å²) in [5.41, 5.74) is 7.03. The molecule has 21 heavy (non-hydrogen) atoms. The van der Waals surface area contributed by atoms with Gasteiger partial charge in [-0.15, -0.1) is 11.8 Å². The van der Waals surface area contributed by atoms with Crippen LogP contribution in [0.5, 0.6) is 0 Å². The first-order chi connectivity index (χ1) is 10.1. The number of thioether (sulfide) groups is 1. The van der Waals surface area contributed by atoms with E-state index in [4.69, 9.17) is 5.73 Å². The van der Waals surface area contributed by atoms with Crippen molar-refractivity contribution in [1.82, 2.24) is 4.90 Å². The molecule has 0 aliphatic carbocycles. The summed E-state index contributed by atoms with van der Waals surface area (Å²) >= 11 is 1.52. The average molecular weight is 305 g/mol. The molecular weight excluding hydrogens is 286 g/mol. The molecule has 0 aromatic heterocycles. The average Bonchev–Trinajstić information content (AvgIpc) is 2.96. The Morgan fingerprint density at radius 1 is 1.52 bits per heavy atom. The first kappa shape index (κ1) is 14.4. The van der Waals surface area contributed by atoms with Crippen molar-refractivity contribution in [2.24, 2.45) is 11.7 Å². The number of fused-ring (bicyclic) bond motifs is 1. The summed E-state index contributed by atoms with van der Waals surface area (Å²) in [7, 11) is 0. The first-order valence-corrected chi connectivity index (χ1v) is 8.07. The highest BCUT2D eigenvalue weighted by Crippen LogP contribution is 2.36. The zero-order valence-corrected chi connectivity index (χ0v) is 12.8. The molecule has 3 N–H and O–H groups in total. The fourth-order valence-electron chi connectivity index (χ4n) is 2.73. The van der Waals surface area contributed by atoms with Crippen LogP contribution in [-0.4, -0.2) is 41.6 Å². The van der Waals surface area contributed by atoms with E-state index in [-0.39, 0.29) is 17.1 Å². The van der Waals surface area contributed by atoms with Crippen LogP contribution in [0.4, 0.5) is 5.69 Å². The number of nitrogens with two attached hydrogens (primary N) is 1. The second-order valence-corrected chi connectivity index (χ2v) is 6.98. The van der Waals surface area contributed by atoms with E-state index < -0.39 is 0 Å². The number of hydrogen-bond acceptors (Lipinski definition) is 4. The van der Waals surface area contributed by atoms with Crippen LogP contribution in [0.15, 0.2) is 23.1 Å². The number of nitrogens with one attached hydrogen (secondary N) is 1. The van der Waals surface area contributed by atoms with Gasteiger partial charge in [0.1, 0.15) is 0 Å². The highest BCUT2D eigenvalue weighted by Gasteiger charge is 2.28. The molecule has 2 aliphatic heterocycles. The maximum absolute atomic E-state index is 12.5. The molecule has 1 fully saturated rings. The van der Waals surface area contributed by atoms with Gasteiger partial charge in [-0.2, -0.15) is 0 Å². The SMILES string of the molecule is C[C@H]1Sc2ccc(C(=O)N3CC[C@H](CN)C3)cc2NC1=O. The number of carbonyl (C=O) groups is 2. The minimum atomic E-state index is -0.0945. The molecule has 1 aromatic carbocycles. The number of carbonyl (C=O) groups excluding carboxylic acids is 2. The smallest absolute Gasteiger partial charge is 0.253 e. The van der Waals surface area contributed by atoms with Crippen LogP contribution in [0, 0.1) is 5.92 Å². The molecule has 5 nitrogen and oxygen atoms in total. The van der Waals surface area contributed by atoms with Crippen LogP contribution in [0.25, 0.3) is 0 Å². The van der Waals surface area contributed by atoms with E-state index in [0.717, 1.165) is 30.1 Å². The molecule has 0 saturated carbocycles.